The summed E-state index contributed by atoms with van der Waals surface area (Å²) in [5.41, 5.74) is -0.561. The fraction of sp³-hybridized carbons (Fsp3) is 0.100. The quantitative estimate of drug-likeness (QED) is 0.670. The summed E-state index contributed by atoms with van der Waals surface area (Å²) in [5, 5.41) is 0. The number of alkyl halides is 3. The first kappa shape index (κ1) is 10.5. The van der Waals surface area contributed by atoms with Gasteiger partial charge in [-0.3, -0.25) is 4.79 Å². The number of aldehydes is 1. The maximum atomic E-state index is 12.3. The first-order chi connectivity index (χ1) is 6.47. The Kier molecular flexibility index (Phi) is 2.74. The van der Waals surface area contributed by atoms with Crippen LogP contribution in [0, 0.1) is 0 Å². The van der Waals surface area contributed by atoms with Crippen LogP contribution in [0.25, 0.3) is 6.08 Å². The highest BCUT2D eigenvalue weighted by molar-refractivity contribution is 5.77. The van der Waals surface area contributed by atoms with Crippen molar-refractivity contribution in [1.82, 2.24) is 0 Å². The fourth-order valence-corrected chi connectivity index (χ4v) is 1.03. The number of carbonyl (C=O) groups excluding carboxylic acids is 1. The molecular weight excluding hydrogens is 193 g/mol. The zero-order chi connectivity index (χ0) is 10.8. The van der Waals surface area contributed by atoms with E-state index in [1.807, 2.05) is 0 Å². The average Bonchev–Trinajstić information content (AvgIpc) is 2.15. The van der Waals surface area contributed by atoms with Crippen LogP contribution in [0.5, 0.6) is 0 Å². The van der Waals surface area contributed by atoms with Crippen molar-refractivity contribution >= 4 is 12.4 Å². The Morgan fingerprint density at radius 1 is 1.14 bits per heavy atom. The molecule has 1 nitrogen and oxygen atoms in total. The molecule has 74 valence electrons. The molecule has 0 bridgehead atoms. The summed E-state index contributed by atoms with van der Waals surface area (Å²) in [4.78, 5) is 10.4. The third-order valence-electron chi connectivity index (χ3n) is 1.68. The predicted molar refractivity (Wildman–Crippen MR) is 46.9 cm³/mol. The lowest BCUT2D eigenvalue weighted by molar-refractivity contribution is -0.137. The van der Waals surface area contributed by atoms with Gasteiger partial charge in [-0.25, -0.2) is 0 Å². The van der Waals surface area contributed by atoms with Gasteiger partial charge in [0.05, 0.1) is 5.56 Å². The van der Waals surface area contributed by atoms with Crippen LogP contribution in [-0.4, -0.2) is 6.29 Å². The molecular formula is C10H7F3O. The molecule has 0 fully saturated rings. The molecule has 0 saturated heterocycles. The SMILES string of the molecule is C=Cc1cc(C=O)cc(C(F)(F)F)c1. The smallest absolute Gasteiger partial charge is 0.298 e. The Bertz CT molecular complexity index is 340. The second-order valence-electron chi connectivity index (χ2n) is 2.71. The molecule has 0 unspecified atom stereocenters. The Morgan fingerprint density at radius 2 is 1.71 bits per heavy atom. The average molecular weight is 200 g/mol. The van der Waals surface area contributed by atoms with Crippen molar-refractivity contribution in [3.63, 3.8) is 0 Å². The molecule has 0 atom stereocenters. The van der Waals surface area contributed by atoms with Gasteiger partial charge in [-0.05, 0) is 23.8 Å². The molecule has 0 spiro atoms. The number of rotatable bonds is 2. The van der Waals surface area contributed by atoms with Gasteiger partial charge in [0.1, 0.15) is 6.29 Å². The zero-order valence-corrected chi connectivity index (χ0v) is 7.14. The third-order valence-corrected chi connectivity index (χ3v) is 1.68. The number of hydrogen-bond acceptors (Lipinski definition) is 1. The number of halogens is 3. The molecule has 1 rings (SSSR count). The van der Waals surface area contributed by atoms with Crippen molar-refractivity contribution in [2.75, 3.05) is 0 Å². The molecule has 1 aromatic rings. The highest BCUT2D eigenvalue weighted by Crippen LogP contribution is 2.30. The van der Waals surface area contributed by atoms with Crippen LogP contribution in [0.2, 0.25) is 0 Å². The monoisotopic (exact) mass is 200 g/mol. The molecule has 14 heavy (non-hydrogen) atoms. The molecule has 0 aliphatic heterocycles. The highest BCUT2D eigenvalue weighted by atomic mass is 19.4. The molecule has 0 N–H and O–H groups in total. The molecule has 0 saturated carbocycles. The molecule has 0 aromatic heterocycles. The van der Waals surface area contributed by atoms with E-state index in [0.717, 1.165) is 12.1 Å². The van der Waals surface area contributed by atoms with Crippen molar-refractivity contribution in [2.45, 2.75) is 6.18 Å². The summed E-state index contributed by atoms with van der Waals surface area (Å²) in [6.07, 6.45) is -2.79. The van der Waals surface area contributed by atoms with Gasteiger partial charge >= 0.3 is 6.18 Å². The maximum absolute atomic E-state index is 12.3. The van der Waals surface area contributed by atoms with Gasteiger partial charge < -0.3 is 0 Å². The summed E-state index contributed by atoms with van der Waals surface area (Å²) < 4.78 is 36.8. The van der Waals surface area contributed by atoms with Crippen LogP contribution in [0.1, 0.15) is 21.5 Å². The van der Waals surface area contributed by atoms with E-state index in [9.17, 15) is 18.0 Å². The highest BCUT2D eigenvalue weighted by Gasteiger charge is 2.30. The van der Waals surface area contributed by atoms with Crippen molar-refractivity contribution in [2.24, 2.45) is 0 Å². The van der Waals surface area contributed by atoms with Gasteiger partial charge in [-0.1, -0.05) is 12.7 Å². The standard InChI is InChI=1S/C10H7F3O/c1-2-7-3-8(6-14)5-9(4-7)10(11,12)13/h2-6H,1H2. The van der Waals surface area contributed by atoms with Gasteiger partial charge in [-0.15, -0.1) is 0 Å². The first-order valence-corrected chi connectivity index (χ1v) is 3.77. The second-order valence-corrected chi connectivity index (χ2v) is 2.71. The van der Waals surface area contributed by atoms with E-state index in [4.69, 9.17) is 0 Å². The van der Waals surface area contributed by atoms with Crippen LogP contribution in [-0.2, 0) is 6.18 Å². The minimum Gasteiger partial charge on any atom is -0.298 e. The van der Waals surface area contributed by atoms with Crippen LogP contribution in [0.4, 0.5) is 13.2 Å². The largest absolute Gasteiger partial charge is 0.416 e. The molecule has 1 aromatic carbocycles. The topological polar surface area (TPSA) is 17.1 Å². The second kappa shape index (κ2) is 3.65. The molecule has 0 amide bonds. The van der Waals surface area contributed by atoms with E-state index in [1.165, 1.54) is 12.1 Å². The van der Waals surface area contributed by atoms with E-state index in [1.54, 1.807) is 0 Å². The summed E-state index contributed by atoms with van der Waals surface area (Å²) in [6, 6.07) is 3.09. The van der Waals surface area contributed by atoms with E-state index in [-0.39, 0.29) is 11.1 Å². The Labute approximate surface area is 78.9 Å². The van der Waals surface area contributed by atoms with Gasteiger partial charge in [0.25, 0.3) is 0 Å². The predicted octanol–water partition coefficient (Wildman–Crippen LogP) is 3.16. The lowest BCUT2D eigenvalue weighted by Crippen LogP contribution is -2.05. The van der Waals surface area contributed by atoms with Crippen LogP contribution >= 0.6 is 0 Å². The summed E-state index contributed by atoms with van der Waals surface area (Å²) in [6.45, 7) is 3.35. The fourth-order valence-electron chi connectivity index (χ4n) is 1.03. The normalized spacial score (nSPS) is 11.1. The minimum atomic E-state index is -4.43. The summed E-state index contributed by atoms with van der Waals surface area (Å²) >= 11 is 0. The van der Waals surface area contributed by atoms with Gasteiger partial charge in [0.2, 0.25) is 0 Å². The lowest BCUT2D eigenvalue weighted by Gasteiger charge is -2.08. The van der Waals surface area contributed by atoms with E-state index >= 15 is 0 Å². The summed E-state index contributed by atoms with van der Waals surface area (Å²) in [5.74, 6) is 0. The van der Waals surface area contributed by atoms with E-state index < -0.39 is 11.7 Å². The van der Waals surface area contributed by atoms with Gasteiger partial charge in [0, 0.05) is 5.56 Å². The lowest BCUT2D eigenvalue weighted by atomic mass is 10.1. The van der Waals surface area contributed by atoms with Crippen LogP contribution in [0.3, 0.4) is 0 Å². The van der Waals surface area contributed by atoms with Gasteiger partial charge in [-0.2, -0.15) is 13.2 Å². The van der Waals surface area contributed by atoms with Crippen molar-refractivity contribution in [3.8, 4) is 0 Å². The number of hydrogen-bond donors (Lipinski definition) is 0. The van der Waals surface area contributed by atoms with Crippen LogP contribution < -0.4 is 0 Å². The molecule has 4 heteroatoms. The molecule has 0 radical (unpaired) electrons. The minimum absolute atomic E-state index is 0.00488. The zero-order valence-electron chi connectivity index (χ0n) is 7.14. The number of carbonyl (C=O) groups is 1. The number of benzene rings is 1. The van der Waals surface area contributed by atoms with E-state index in [0.29, 0.717) is 6.29 Å². The Hall–Kier alpha value is -1.58. The van der Waals surface area contributed by atoms with Crippen molar-refractivity contribution in [1.29, 1.82) is 0 Å². The molecule has 0 aliphatic carbocycles. The van der Waals surface area contributed by atoms with Gasteiger partial charge in [0.15, 0.2) is 0 Å². The van der Waals surface area contributed by atoms with Crippen molar-refractivity contribution in [3.05, 3.63) is 41.5 Å². The van der Waals surface area contributed by atoms with E-state index in [2.05, 4.69) is 6.58 Å². The van der Waals surface area contributed by atoms with Crippen LogP contribution in [0.15, 0.2) is 24.8 Å². The maximum Gasteiger partial charge on any atom is 0.416 e. The Balaban J connectivity index is 3.31. The Morgan fingerprint density at radius 3 is 2.14 bits per heavy atom. The van der Waals surface area contributed by atoms with Crippen molar-refractivity contribution < 1.29 is 18.0 Å². The molecule has 0 heterocycles. The first-order valence-electron chi connectivity index (χ1n) is 3.77. The summed E-state index contributed by atoms with van der Waals surface area (Å²) in [7, 11) is 0. The molecule has 0 aliphatic rings. The third kappa shape index (κ3) is 2.22.